The Morgan fingerprint density at radius 2 is 1.81 bits per heavy atom. The Kier molecular flexibility index (Phi) is 5.08. The number of carbonyl (C=O) groups is 1. The average Bonchev–Trinajstić information content (AvgIpc) is 3.43. The molecule has 0 heterocycles. The fourth-order valence-electron chi connectivity index (χ4n) is 2.83. The first-order valence-electron chi connectivity index (χ1n) is 8.26. The van der Waals surface area contributed by atoms with Crippen molar-refractivity contribution in [2.75, 3.05) is 13.2 Å². The van der Waals surface area contributed by atoms with Crippen LogP contribution in [-0.4, -0.2) is 19.1 Å². The maximum Gasteiger partial charge on any atom is 0.416 e. The summed E-state index contributed by atoms with van der Waals surface area (Å²) in [6.45, 7) is 0.0913. The molecule has 8 heteroatoms. The van der Waals surface area contributed by atoms with E-state index in [1.165, 1.54) is 18.2 Å². The molecule has 3 nitrogen and oxygen atoms in total. The van der Waals surface area contributed by atoms with E-state index < -0.39 is 28.8 Å². The molecule has 0 atom stereocenters. The summed E-state index contributed by atoms with van der Waals surface area (Å²) in [5.41, 5.74) is -1.42. The summed E-state index contributed by atoms with van der Waals surface area (Å²) in [4.78, 5) is 12.4. The van der Waals surface area contributed by atoms with Crippen LogP contribution in [0.5, 0.6) is 5.75 Å². The van der Waals surface area contributed by atoms with Crippen molar-refractivity contribution < 1.29 is 31.5 Å². The first-order chi connectivity index (χ1) is 12.7. The van der Waals surface area contributed by atoms with Crippen LogP contribution >= 0.6 is 0 Å². The van der Waals surface area contributed by atoms with Gasteiger partial charge in [-0.05, 0) is 36.6 Å². The van der Waals surface area contributed by atoms with Crippen LogP contribution in [0.15, 0.2) is 42.5 Å². The Morgan fingerprint density at radius 3 is 2.44 bits per heavy atom. The van der Waals surface area contributed by atoms with Gasteiger partial charge in [0.25, 0.3) is 0 Å². The van der Waals surface area contributed by atoms with Crippen LogP contribution < -0.4 is 10.1 Å². The van der Waals surface area contributed by atoms with Gasteiger partial charge in [0.15, 0.2) is 11.6 Å². The summed E-state index contributed by atoms with van der Waals surface area (Å²) in [5, 5.41) is 2.63. The van der Waals surface area contributed by atoms with E-state index in [1.54, 1.807) is 0 Å². The molecule has 0 unspecified atom stereocenters. The highest BCUT2D eigenvalue weighted by atomic mass is 19.4. The molecule has 1 saturated carbocycles. The minimum atomic E-state index is -4.47. The Labute approximate surface area is 152 Å². The van der Waals surface area contributed by atoms with Crippen LogP contribution in [0.2, 0.25) is 0 Å². The van der Waals surface area contributed by atoms with Gasteiger partial charge in [-0.2, -0.15) is 13.2 Å². The fraction of sp³-hybridized carbons (Fsp3) is 0.316. The number of carbonyl (C=O) groups excluding carboxylic acids is 1. The topological polar surface area (TPSA) is 38.3 Å². The van der Waals surface area contributed by atoms with E-state index in [4.69, 9.17) is 4.74 Å². The third-order valence-corrected chi connectivity index (χ3v) is 4.47. The molecule has 0 radical (unpaired) electrons. The van der Waals surface area contributed by atoms with Gasteiger partial charge < -0.3 is 10.1 Å². The third-order valence-electron chi connectivity index (χ3n) is 4.47. The van der Waals surface area contributed by atoms with Crippen molar-refractivity contribution in [2.24, 2.45) is 0 Å². The molecular formula is C19H16F5NO2. The fourth-order valence-corrected chi connectivity index (χ4v) is 2.83. The first kappa shape index (κ1) is 19.1. The summed E-state index contributed by atoms with van der Waals surface area (Å²) in [6, 6.07) is 7.85. The molecule has 0 aliphatic heterocycles. The lowest BCUT2D eigenvalue weighted by Gasteiger charge is -2.17. The molecule has 1 N–H and O–H groups in total. The molecule has 0 aromatic heterocycles. The summed E-state index contributed by atoms with van der Waals surface area (Å²) in [5.74, 6) is -2.30. The molecule has 2 aromatic carbocycles. The normalized spacial score (nSPS) is 15.3. The zero-order chi connectivity index (χ0) is 19.7. The number of hydrogen-bond acceptors (Lipinski definition) is 2. The van der Waals surface area contributed by atoms with Crippen LogP contribution in [0.1, 0.15) is 24.0 Å². The lowest BCUT2D eigenvalue weighted by molar-refractivity contribution is -0.137. The molecule has 144 valence electrons. The van der Waals surface area contributed by atoms with Crippen LogP contribution in [-0.2, 0) is 16.4 Å². The zero-order valence-corrected chi connectivity index (χ0v) is 14.1. The minimum absolute atomic E-state index is 0.00941. The van der Waals surface area contributed by atoms with Gasteiger partial charge in [-0.15, -0.1) is 0 Å². The second-order valence-electron chi connectivity index (χ2n) is 6.34. The smallest absolute Gasteiger partial charge is 0.416 e. The lowest BCUT2D eigenvalue weighted by Crippen LogP contribution is -2.37. The van der Waals surface area contributed by atoms with Crippen LogP contribution in [0.25, 0.3) is 0 Å². The van der Waals surface area contributed by atoms with E-state index in [0.29, 0.717) is 18.4 Å². The minimum Gasteiger partial charge on any atom is -0.492 e. The zero-order valence-electron chi connectivity index (χ0n) is 14.1. The van der Waals surface area contributed by atoms with Crippen molar-refractivity contribution in [1.82, 2.24) is 5.32 Å². The van der Waals surface area contributed by atoms with Gasteiger partial charge in [-0.3, -0.25) is 4.79 Å². The van der Waals surface area contributed by atoms with Crippen molar-refractivity contribution in [3.8, 4) is 5.75 Å². The summed E-state index contributed by atoms with van der Waals surface area (Å²) < 4.78 is 69.8. The molecule has 2 aromatic rings. The number of ether oxygens (including phenoxy) is 1. The van der Waals surface area contributed by atoms with Gasteiger partial charge in [-0.25, -0.2) is 8.78 Å². The molecule has 0 spiro atoms. The Balaban J connectivity index is 1.57. The van der Waals surface area contributed by atoms with E-state index >= 15 is 0 Å². The van der Waals surface area contributed by atoms with Gasteiger partial charge in [0.2, 0.25) is 5.91 Å². The Bertz CT molecular complexity index is 846. The summed E-state index contributed by atoms with van der Waals surface area (Å²) in [7, 11) is 0. The van der Waals surface area contributed by atoms with Gasteiger partial charge in [0.1, 0.15) is 12.4 Å². The molecule has 0 bridgehead atoms. The van der Waals surface area contributed by atoms with E-state index in [-0.39, 0.29) is 24.8 Å². The highest BCUT2D eigenvalue weighted by molar-refractivity contribution is 5.91. The highest BCUT2D eigenvalue weighted by Gasteiger charge is 2.51. The number of benzene rings is 2. The molecular weight excluding hydrogens is 369 g/mol. The van der Waals surface area contributed by atoms with Gasteiger partial charge in [-0.1, -0.05) is 18.2 Å². The predicted octanol–water partition coefficient (Wildman–Crippen LogP) is 4.21. The quantitative estimate of drug-likeness (QED) is 0.598. The summed E-state index contributed by atoms with van der Waals surface area (Å²) >= 11 is 0. The molecule has 3 rings (SSSR count). The van der Waals surface area contributed by atoms with Crippen molar-refractivity contribution in [3.05, 3.63) is 65.2 Å². The second kappa shape index (κ2) is 7.17. The van der Waals surface area contributed by atoms with Crippen LogP contribution in [0.4, 0.5) is 22.0 Å². The van der Waals surface area contributed by atoms with Gasteiger partial charge in [0.05, 0.1) is 17.5 Å². The number of amides is 1. The Morgan fingerprint density at radius 1 is 1.07 bits per heavy atom. The van der Waals surface area contributed by atoms with E-state index in [9.17, 15) is 26.7 Å². The number of halogens is 5. The number of hydrogen-bond donors (Lipinski definition) is 1. The van der Waals surface area contributed by atoms with Crippen LogP contribution in [0, 0.1) is 11.6 Å². The standard InChI is InChI=1S/C19H16F5NO2/c20-15-5-4-14(11-16(15)21)27-9-8-25-17(26)18(6-7-18)12-2-1-3-13(10-12)19(22,23)24/h1-5,10-11H,6-9H2,(H,25,26). The van der Waals surface area contributed by atoms with Crippen molar-refractivity contribution in [1.29, 1.82) is 0 Å². The monoisotopic (exact) mass is 385 g/mol. The average molecular weight is 385 g/mol. The van der Waals surface area contributed by atoms with Crippen molar-refractivity contribution >= 4 is 5.91 Å². The van der Waals surface area contributed by atoms with Gasteiger partial charge >= 0.3 is 6.18 Å². The number of rotatable bonds is 6. The van der Waals surface area contributed by atoms with E-state index in [0.717, 1.165) is 24.3 Å². The maximum absolute atomic E-state index is 13.1. The number of nitrogens with one attached hydrogen (secondary N) is 1. The second-order valence-corrected chi connectivity index (χ2v) is 6.34. The third kappa shape index (κ3) is 4.20. The first-order valence-corrected chi connectivity index (χ1v) is 8.26. The van der Waals surface area contributed by atoms with Crippen LogP contribution in [0.3, 0.4) is 0 Å². The lowest BCUT2D eigenvalue weighted by atomic mass is 9.93. The van der Waals surface area contributed by atoms with Crippen molar-refractivity contribution in [2.45, 2.75) is 24.4 Å². The molecule has 27 heavy (non-hydrogen) atoms. The predicted molar refractivity (Wildman–Crippen MR) is 87.2 cm³/mol. The van der Waals surface area contributed by atoms with E-state index in [2.05, 4.69) is 5.32 Å². The molecule has 1 aliphatic rings. The molecule has 0 saturated heterocycles. The SMILES string of the molecule is O=C(NCCOc1ccc(F)c(F)c1)C1(c2cccc(C(F)(F)F)c2)CC1. The highest BCUT2D eigenvalue weighted by Crippen LogP contribution is 2.49. The molecule has 1 amide bonds. The largest absolute Gasteiger partial charge is 0.492 e. The van der Waals surface area contributed by atoms with Gasteiger partial charge in [0, 0.05) is 6.07 Å². The van der Waals surface area contributed by atoms with E-state index in [1.807, 2.05) is 0 Å². The van der Waals surface area contributed by atoms with Crippen molar-refractivity contribution in [3.63, 3.8) is 0 Å². The molecule has 1 fully saturated rings. The molecule has 1 aliphatic carbocycles. The number of alkyl halides is 3. The maximum atomic E-state index is 13.1. The summed E-state index contributed by atoms with van der Waals surface area (Å²) in [6.07, 6.45) is -3.55. The Hall–Kier alpha value is -2.64.